The van der Waals surface area contributed by atoms with E-state index in [0.717, 1.165) is 38.5 Å². The molecule has 0 aliphatic carbocycles. The Kier molecular flexibility index (Phi) is 40.0. The van der Waals surface area contributed by atoms with Gasteiger partial charge < -0.3 is 30.3 Å². The van der Waals surface area contributed by atoms with Crippen molar-refractivity contribution in [2.45, 2.75) is 193 Å². The zero-order chi connectivity index (χ0) is 45.1. The molecule has 2 unspecified atom stereocenters. The maximum absolute atomic E-state index is 12.6. The number of hydrogen-bond donors (Lipinski definition) is 4. The number of ether oxygens (including phenoxy) is 2. The van der Waals surface area contributed by atoms with E-state index in [2.05, 4.69) is 29.7 Å². The van der Waals surface area contributed by atoms with Crippen molar-refractivity contribution in [1.29, 1.82) is 0 Å². The molecule has 0 spiro atoms. The number of carboxylic acids is 1. The minimum Gasteiger partial charge on any atom is -0.480 e. The van der Waals surface area contributed by atoms with Gasteiger partial charge in [0.1, 0.15) is 12.6 Å². The summed E-state index contributed by atoms with van der Waals surface area (Å²) in [4.78, 5) is 46.0. The molecule has 4 atom stereocenters. The van der Waals surface area contributed by atoms with Gasteiger partial charge in [-0.05, 0) is 70.6 Å². The fourth-order valence-corrected chi connectivity index (χ4v) is 6.66. The molecule has 61 heavy (non-hydrogen) atoms. The monoisotopic (exact) mass is 880 g/mol. The van der Waals surface area contributed by atoms with Crippen LogP contribution in [0.4, 0.5) is 0 Å². The SMILES string of the molecule is CC/C=C\C(O)C/C=C/C=C\C/C=C\C/C=C\CCCC(=O)O[C@H](COC(=O)CCCCCCCCCCC/C=C\CCCCCCCC)COP(=O)(O)OC[C@H](N)C(=O)O. The second-order valence-electron chi connectivity index (χ2n) is 15.4. The average molecular weight is 880 g/mol. The highest BCUT2D eigenvalue weighted by Crippen LogP contribution is 2.43. The van der Waals surface area contributed by atoms with E-state index in [-0.39, 0.29) is 19.4 Å². The zero-order valence-electron chi connectivity index (χ0n) is 37.6. The molecule has 0 radical (unpaired) electrons. The Morgan fingerprint density at radius 2 is 1.11 bits per heavy atom. The van der Waals surface area contributed by atoms with Crippen LogP contribution < -0.4 is 5.73 Å². The van der Waals surface area contributed by atoms with Gasteiger partial charge in [0.2, 0.25) is 0 Å². The van der Waals surface area contributed by atoms with Gasteiger partial charge in [-0.15, -0.1) is 0 Å². The number of esters is 2. The molecule has 0 aromatic rings. The van der Waals surface area contributed by atoms with Crippen molar-refractivity contribution in [1.82, 2.24) is 0 Å². The number of aliphatic hydroxyl groups is 1. The molecule has 5 N–H and O–H groups in total. The summed E-state index contributed by atoms with van der Waals surface area (Å²) in [5.41, 5.74) is 5.33. The van der Waals surface area contributed by atoms with Crippen molar-refractivity contribution in [2.24, 2.45) is 5.73 Å². The summed E-state index contributed by atoms with van der Waals surface area (Å²) in [5.74, 6) is -2.49. The number of aliphatic hydroxyl groups excluding tert-OH is 1. The van der Waals surface area contributed by atoms with Gasteiger partial charge >= 0.3 is 25.7 Å². The van der Waals surface area contributed by atoms with E-state index in [1.165, 1.54) is 83.5 Å². The third-order valence-electron chi connectivity index (χ3n) is 9.51. The largest absolute Gasteiger partial charge is 0.480 e. The van der Waals surface area contributed by atoms with E-state index in [4.69, 9.17) is 24.8 Å². The molecule has 0 aliphatic heterocycles. The topological polar surface area (TPSA) is 192 Å². The van der Waals surface area contributed by atoms with E-state index in [0.29, 0.717) is 25.7 Å². The highest BCUT2D eigenvalue weighted by Gasteiger charge is 2.28. The van der Waals surface area contributed by atoms with Crippen LogP contribution in [0.3, 0.4) is 0 Å². The molecule has 13 heteroatoms. The first-order chi connectivity index (χ1) is 29.5. The molecule has 0 saturated carbocycles. The molecule has 350 valence electrons. The summed E-state index contributed by atoms with van der Waals surface area (Å²) >= 11 is 0. The minimum atomic E-state index is -4.75. The standard InChI is InChI=1S/C48H82NO11P/c1-3-5-7-8-9-10-11-12-13-14-15-16-17-18-22-25-28-31-34-38-46(51)57-40-44(41-58-61(55,56)59-42-45(49)48(53)54)60-47(52)39-35-32-29-26-23-20-19-21-24-27-30-33-37-43(50)36-6-4-2/h6,12-13,19-20,24,26-27,29-30,33,36,43-45,50H,3-5,7-11,14-18,21-23,25,28,31-32,34-35,37-42,49H2,1-2H3,(H,53,54)(H,55,56)/b13-12-,20-19-,27-24-,29-26-,33-30+,36-6-/t43?,44-,45+/m1/s1. The molecule has 12 nitrogen and oxygen atoms in total. The molecule has 0 bridgehead atoms. The average Bonchev–Trinajstić information content (AvgIpc) is 3.23. The number of aliphatic carboxylic acids is 1. The van der Waals surface area contributed by atoms with E-state index >= 15 is 0 Å². The van der Waals surface area contributed by atoms with Crippen molar-refractivity contribution in [2.75, 3.05) is 19.8 Å². The van der Waals surface area contributed by atoms with Gasteiger partial charge in [-0.25, -0.2) is 4.57 Å². The lowest BCUT2D eigenvalue weighted by molar-refractivity contribution is -0.161. The zero-order valence-corrected chi connectivity index (χ0v) is 38.5. The summed E-state index contributed by atoms with van der Waals surface area (Å²) in [5, 5.41) is 18.7. The van der Waals surface area contributed by atoms with Crippen LogP contribution in [-0.2, 0) is 37.5 Å². The number of carboxylic acid groups (broad SMARTS) is 1. The van der Waals surface area contributed by atoms with Crippen LogP contribution in [0.5, 0.6) is 0 Å². The highest BCUT2D eigenvalue weighted by molar-refractivity contribution is 7.47. The summed E-state index contributed by atoms with van der Waals surface area (Å²) in [6.45, 7) is 2.50. The highest BCUT2D eigenvalue weighted by atomic mass is 31.2. The number of allylic oxidation sites excluding steroid dienone is 10. The van der Waals surface area contributed by atoms with Crippen LogP contribution in [0.2, 0.25) is 0 Å². The summed E-state index contributed by atoms with van der Waals surface area (Å²) in [6, 6.07) is -1.54. The smallest absolute Gasteiger partial charge is 0.472 e. The van der Waals surface area contributed by atoms with Gasteiger partial charge in [-0.2, -0.15) is 0 Å². The van der Waals surface area contributed by atoms with E-state index < -0.39 is 57.2 Å². The molecule has 0 saturated heterocycles. The third-order valence-corrected chi connectivity index (χ3v) is 10.5. The van der Waals surface area contributed by atoms with Gasteiger partial charge in [0, 0.05) is 12.8 Å². The molecule has 0 aliphatic rings. The predicted octanol–water partition coefficient (Wildman–Crippen LogP) is 11.5. The summed E-state index contributed by atoms with van der Waals surface area (Å²) in [6.07, 6.45) is 47.4. The fourth-order valence-electron chi connectivity index (χ4n) is 5.88. The van der Waals surface area contributed by atoms with Gasteiger partial charge in [0.05, 0.1) is 19.3 Å². The molecular weight excluding hydrogens is 797 g/mol. The van der Waals surface area contributed by atoms with Crippen LogP contribution in [-0.4, -0.2) is 71.1 Å². The van der Waals surface area contributed by atoms with Gasteiger partial charge in [-0.1, -0.05) is 164 Å². The van der Waals surface area contributed by atoms with E-state index in [9.17, 15) is 28.9 Å². The van der Waals surface area contributed by atoms with E-state index in [1.54, 1.807) is 6.08 Å². The Labute approximate surface area is 368 Å². The molecule has 0 rings (SSSR count). The van der Waals surface area contributed by atoms with Crippen molar-refractivity contribution < 1.29 is 52.6 Å². The lowest BCUT2D eigenvalue weighted by atomic mass is 10.1. The maximum atomic E-state index is 12.6. The Morgan fingerprint density at radius 3 is 1.74 bits per heavy atom. The Morgan fingerprint density at radius 1 is 0.607 bits per heavy atom. The van der Waals surface area contributed by atoms with Gasteiger partial charge in [0.25, 0.3) is 0 Å². The van der Waals surface area contributed by atoms with Crippen LogP contribution in [0, 0.1) is 0 Å². The first kappa shape index (κ1) is 57.9. The molecule has 0 aromatic heterocycles. The first-order valence-corrected chi connectivity index (χ1v) is 24.6. The second-order valence-corrected chi connectivity index (χ2v) is 16.8. The predicted molar refractivity (Wildman–Crippen MR) is 246 cm³/mol. The van der Waals surface area contributed by atoms with Crippen LogP contribution in [0.1, 0.15) is 174 Å². The normalized spacial score (nSPS) is 14.8. The van der Waals surface area contributed by atoms with Crippen LogP contribution in [0.25, 0.3) is 0 Å². The Bertz CT molecular complexity index is 1330. The number of phosphoric ester groups is 1. The lowest BCUT2D eigenvalue weighted by Crippen LogP contribution is -2.34. The van der Waals surface area contributed by atoms with Crippen LogP contribution >= 0.6 is 7.82 Å². The molecular formula is C48H82NO11P. The third kappa shape index (κ3) is 42.0. The maximum Gasteiger partial charge on any atom is 0.472 e. The van der Waals surface area contributed by atoms with E-state index in [1.807, 2.05) is 55.5 Å². The van der Waals surface area contributed by atoms with Crippen molar-refractivity contribution in [3.05, 3.63) is 72.9 Å². The first-order valence-electron chi connectivity index (χ1n) is 23.1. The lowest BCUT2D eigenvalue weighted by Gasteiger charge is -2.20. The number of nitrogens with two attached hydrogens (primary N) is 1. The number of carbonyl (C=O) groups is 3. The fraction of sp³-hybridized carbons (Fsp3) is 0.688. The van der Waals surface area contributed by atoms with Gasteiger partial charge in [-0.3, -0.25) is 23.4 Å². The second kappa shape index (κ2) is 42.2. The van der Waals surface area contributed by atoms with Gasteiger partial charge in [0.15, 0.2) is 6.10 Å². The summed E-state index contributed by atoms with van der Waals surface area (Å²) < 4.78 is 32.7. The number of carbonyl (C=O) groups excluding carboxylic acids is 2. The summed E-state index contributed by atoms with van der Waals surface area (Å²) in [7, 11) is -4.75. The minimum absolute atomic E-state index is 0.0618. The Hall–Kier alpha value is -3.12. The molecule has 0 fully saturated rings. The number of phosphoric acid groups is 1. The molecule has 0 aromatic carbocycles. The number of hydrogen-bond acceptors (Lipinski definition) is 10. The molecule has 0 heterocycles. The van der Waals surface area contributed by atoms with Crippen LogP contribution in [0.15, 0.2) is 72.9 Å². The van der Waals surface area contributed by atoms with Crippen molar-refractivity contribution in [3.8, 4) is 0 Å². The number of rotatable bonds is 42. The van der Waals surface area contributed by atoms with Crippen molar-refractivity contribution >= 4 is 25.7 Å². The quantitative estimate of drug-likeness (QED) is 0.0149. The molecule has 0 amide bonds. The Balaban J connectivity index is 4.44. The van der Waals surface area contributed by atoms with Crippen molar-refractivity contribution in [3.63, 3.8) is 0 Å². The number of unbranched alkanes of at least 4 members (excludes halogenated alkanes) is 16.